The summed E-state index contributed by atoms with van der Waals surface area (Å²) in [4.78, 5) is 30.7. The van der Waals surface area contributed by atoms with E-state index in [0.717, 1.165) is 87.2 Å². The number of ether oxygens (including phenoxy) is 2. The first-order valence-corrected chi connectivity index (χ1v) is 16.7. The van der Waals surface area contributed by atoms with Crippen molar-refractivity contribution in [3.8, 4) is 0 Å². The summed E-state index contributed by atoms with van der Waals surface area (Å²) in [5.74, 6) is 1.92. The predicted octanol–water partition coefficient (Wildman–Crippen LogP) is 8.31. The molecule has 5 aliphatic carbocycles. The molecule has 4 fully saturated rings. The van der Waals surface area contributed by atoms with Crippen molar-refractivity contribution in [2.45, 2.75) is 116 Å². The number of carbonyl (C=O) groups excluding carboxylic acids is 2. The van der Waals surface area contributed by atoms with Gasteiger partial charge in [-0.1, -0.05) is 56.2 Å². The fraction of sp³-hybridized carbons (Fsp3) is 0.649. The number of para-hydroxylation sites is 1. The molecule has 42 heavy (non-hydrogen) atoms. The molecular formula is C37H47NO4. The summed E-state index contributed by atoms with van der Waals surface area (Å²) in [6.07, 6.45) is 15.1. The predicted molar refractivity (Wildman–Crippen MR) is 164 cm³/mol. The highest BCUT2D eigenvalue weighted by Crippen LogP contribution is 2.66. The van der Waals surface area contributed by atoms with Crippen LogP contribution in [-0.4, -0.2) is 29.1 Å². The topological polar surface area (TPSA) is 65.5 Å². The Bertz CT molecular complexity index is 1400. The van der Waals surface area contributed by atoms with Crippen molar-refractivity contribution >= 4 is 22.8 Å². The molecule has 0 unspecified atom stereocenters. The number of esters is 2. The maximum absolute atomic E-state index is 14.0. The second kappa shape index (κ2) is 10.8. The van der Waals surface area contributed by atoms with E-state index in [1.807, 2.05) is 6.07 Å². The Hall–Kier alpha value is -2.69. The molecule has 7 rings (SSSR count). The Morgan fingerprint density at radius 2 is 1.71 bits per heavy atom. The number of rotatable bonds is 4. The molecule has 0 N–H and O–H groups in total. The van der Waals surface area contributed by atoms with Crippen molar-refractivity contribution < 1.29 is 19.1 Å². The van der Waals surface area contributed by atoms with Crippen LogP contribution >= 0.6 is 0 Å². The Labute approximate surface area is 250 Å². The van der Waals surface area contributed by atoms with Crippen LogP contribution in [0.3, 0.4) is 0 Å². The molecular weight excluding hydrogens is 522 g/mol. The van der Waals surface area contributed by atoms with Crippen molar-refractivity contribution in [2.75, 3.05) is 0 Å². The van der Waals surface area contributed by atoms with Crippen LogP contribution in [0.15, 0.2) is 48.0 Å². The zero-order chi connectivity index (χ0) is 29.1. The maximum atomic E-state index is 14.0. The fourth-order valence-electron chi connectivity index (χ4n) is 10.4. The zero-order valence-corrected chi connectivity index (χ0v) is 25.6. The summed E-state index contributed by atoms with van der Waals surface area (Å²) < 4.78 is 12.2. The molecule has 1 heterocycles. The molecule has 0 radical (unpaired) electrons. The van der Waals surface area contributed by atoms with E-state index >= 15 is 0 Å². The van der Waals surface area contributed by atoms with Gasteiger partial charge in [0.2, 0.25) is 0 Å². The standard InChI is InChI=1S/C37H47NO4/c1-23(39)41-26-18-20-36(2)25(22-26)13-14-27-29-15-16-31(37(29,3)21-19-30(27)36)35(40)42-34-11-7-5-9-28(34)33-17-12-24-8-4-6-10-32(24)38-33/h4,6,8,10,12-13,17,26-31,34H,5,7,9,11,14-16,18-22H2,1-3H3/t26-,27-,28-,29-,30-,31+,34+,36-,37-/m0/s1. The summed E-state index contributed by atoms with van der Waals surface area (Å²) in [5.41, 5.74) is 3.82. The second-order valence-electron chi connectivity index (χ2n) is 14.7. The average Bonchev–Trinajstić information content (AvgIpc) is 3.34. The summed E-state index contributed by atoms with van der Waals surface area (Å²) >= 11 is 0. The van der Waals surface area contributed by atoms with E-state index in [9.17, 15) is 9.59 Å². The maximum Gasteiger partial charge on any atom is 0.309 e. The third kappa shape index (κ3) is 4.70. The number of allylic oxidation sites excluding steroid dienone is 1. The van der Waals surface area contributed by atoms with Gasteiger partial charge in [-0.2, -0.15) is 0 Å². The van der Waals surface area contributed by atoms with Gasteiger partial charge in [0.15, 0.2) is 0 Å². The normalized spacial score (nSPS) is 39.4. The minimum Gasteiger partial charge on any atom is -0.462 e. The molecule has 0 saturated heterocycles. The first-order chi connectivity index (χ1) is 20.3. The highest BCUT2D eigenvalue weighted by Gasteiger charge is 2.60. The minimum atomic E-state index is -0.164. The number of carbonyl (C=O) groups is 2. The molecule has 0 aliphatic heterocycles. The minimum absolute atomic E-state index is 0.00604. The number of hydrogen-bond donors (Lipinski definition) is 0. The zero-order valence-electron chi connectivity index (χ0n) is 25.6. The average molecular weight is 570 g/mol. The Morgan fingerprint density at radius 3 is 2.57 bits per heavy atom. The van der Waals surface area contributed by atoms with Gasteiger partial charge in [0.1, 0.15) is 12.2 Å². The van der Waals surface area contributed by atoms with Gasteiger partial charge in [-0.3, -0.25) is 14.6 Å². The lowest BCUT2D eigenvalue weighted by molar-refractivity contribution is -0.164. The third-order valence-electron chi connectivity index (χ3n) is 12.6. The van der Waals surface area contributed by atoms with Gasteiger partial charge in [-0.25, -0.2) is 0 Å². The monoisotopic (exact) mass is 569 g/mol. The van der Waals surface area contributed by atoms with Gasteiger partial charge in [0.25, 0.3) is 0 Å². The van der Waals surface area contributed by atoms with Crippen molar-refractivity contribution in [2.24, 2.45) is 34.5 Å². The molecule has 0 bridgehead atoms. The molecule has 0 amide bonds. The first kappa shape index (κ1) is 28.1. The molecule has 224 valence electrons. The van der Waals surface area contributed by atoms with Crippen LogP contribution in [-0.2, 0) is 19.1 Å². The number of benzene rings is 1. The van der Waals surface area contributed by atoms with Gasteiger partial charge in [-0.05, 0) is 105 Å². The molecule has 4 saturated carbocycles. The smallest absolute Gasteiger partial charge is 0.309 e. The van der Waals surface area contributed by atoms with Crippen molar-refractivity contribution in [3.05, 3.63) is 53.7 Å². The van der Waals surface area contributed by atoms with Crippen LogP contribution in [0.4, 0.5) is 0 Å². The molecule has 0 spiro atoms. The van der Waals surface area contributed by atoms with Gasteiger partial charge in [0, 0.05) is 30.3 Å². The van der Waals surface area contributed by atoms with Crippen LogP contribution in [0.5, 0.6) is 0 Å². The lowest BCUT2D eigenvalue weighted by atomic mass is 9.47. The Balaban J connectivity index is 1.07. The molecule has 2 aromatic rings. The number of nitrogens with zero attached hydrogens (tertiary/aromatic N) is 1. The summed E-state index contributed by atoms with van der Waals surface area (Å²) in [6, 6.07) is 12.6. The van der Waals surface area contributed by atoms with Gasteiger partial charge in [-0.15, -0.1) is 0 Å². The molecule has 1 aromatic heterocycles. The molecule has 5 aliphatic rings. The van der Waals surface area contributed by atoms with E-state index in [0.29, 0.717) is 17.8 Å². The summed E-state index contributed by atoms with van der Waals surface area (Å²) in [6.45, 7) is 6.42. The van der Waals surface area contributed by atoms with Crippen LogP contribution in [0.1, 0.15) is 109 Å². The number of pyridine rings is 1. The number of aromatic nitrogens is 1. The van der Waals surface area contributed by atoms with Crippen LogP contribution in [0, 0.1) is 34.5 Å². The highest BCUT2D eigenvalue weighted by atomic mass is 16.5. The lowest BCUT2D eigenvalue weighted by Crippen LogP contribution is -2.51. The second-order valence-corrected chi connectivity index (χ2v) is 14.7. The van der Waals surface area contributed by atoms with Crippen molar-refractivity contribution in [1.29, 1.82) is 0 Å². The Morgan fingerprint density at radius 1 is 0.881 bits per heavy atom. The van der Waals surface area contributed by atoms with Gasteiger partial charge >= 0.3 is 11.9 Å². The van der Waals surface area contributed by atoms with Crippen molar-refractivity contribution in [1.82, 2.24) is 4.98 Å². The van der Waals surface area contributed by atoms with Crippen molar-refractivity contribution in [3.63, 3.8) is 0 Å². The molecule has 1 aromatic carbocycles. The van der Waals surface area contributed by atoms with E-state index in [-0.39, 0.29) is 46.8 Å². The summed E-state index contributed by atoms with van der Waals surface area (Å²) in [7, 11) is 0. The molecule has 5 nitrogen and oxygen atoms in total. The van der Waals surface area contributed by atoms with Crippen LogP contribution < -0.4 is 0 Å². The number of fused-ring (bicyclic) bond motifs is 6. The van der Waals surface area contributed by atoms with E-state index in [1.54, 1.807) is 0 Å². The molecule has 5 heteroatoms. The van der Waals surface area contributed by atoms with Crippen LogP contribution in [0.2, 0.25) is 0 Å². The lowest BCUT2D eigenvalue weighted by Gasteiger charge is -2.58. The van der Waals surface area contributed by atoms with Crippen LogP contribution in [0.25, 0.3) is 10.9 Å². The Kier molecular flexibility index (Phi) is 7.22. The van der Waals surface area contributed by atoms with E-state index in [4.69, 9.17) is 14.5 Å². The van der Waals surface area contributed by atoms with E-state index < -0.39 is 0 Å². The number of hydrogen-bond acceptors (Lipinski definition) is 5. The highest BCUT2D eigenvalue weighted by molar-refractivity contribution is 5.78. The van der Waals surface area contributed by atoms with E-state index in [1.165, 1.54) is 18.9 Å². The van der Waals surface area contributed by atoms with Gasteiger partial charge < -0.3 is 9.47 Å². The summed E-state index contributed by atoms with van der Waals surface area (Å²) in [5, 5.41) is 1.15. The third-order valence-corrected chi connectivity index (χ3v) is 12.6. The fourth-order valence-corrected chi connectivity index (χ4v) is 10.4. The first-order valence-electron chi connectivity index (χ1n) is 16.7. The van der Waals surface area contributed by atoms with E-state index in [2.05, 4.69) is 50.3 Å². The molecule has 9 atom stereocenters. The van der Waals surface area contributed by atoms with Gasteiger partial charge in [0.05, 0.1) is 11.4 Å². The quantitative estimate of drug-likeness (QED) is 0.274. The largest absolute Gasteiger partial charge is 0.462 e. The SMILES string of the molecule is CC(=O)O[C@H]1CC[C@@]2(C)C(=CC[C@H]3[C@@H]4CC[C@H](C(=O)O[C@@H]5CCCC[C@H]5c5ccc6ccccc6n5)[C@@]4(C)CC[C@@H]32)C1.